The minimum atomic E-state index is -3.10. The Morgan fingerprint density at radius 3 is 2.81 bits per heavy atom. The number of nitrogens with zero attached hydrogens (tertiary/aromatic N) is 2. The molecule has 0 bridgehead atoms. The molecule has 0 radical (unpaired) electrons. The van der Waals surface area contributed by atoms with Gasteiger partial charge in [-0.2, -0.15) is 0 Å². The summed E-state index contributed by atoms with van der Waals surface area (Å²) in [4.78, 5) is 4.47. The van der Waals surface area contributed by atoms with Gasteiger partial charge in [0.05, 0.1) is 6.26 Å². The van der Waals surface area contributed by atoms with E-state index >= 15 is 0 Å². The summed E-state index contributed by atoms with van der Waals surface area (Å²) in [6, 6.07) is 8.99. The molecule has 1 N–H and O–H groups in total. The van der Waals surface area contributed by atoms with E-state index in [1.54, 1.807) is 0 Å². The second-order valence-electron chi connectivity index (χ2n) is 5.85. The van der Waals surface area contributed by atoms with Gasteiger partial charge in [-0.3, -0.25) is 4.90 Å². The highest BCUT2D eigenvalue weighted by Crippen LogP contribution is 2.32. The molecule has 1 aliphatic heterocycles. The molecule has 5 nitrogen and oxygen atoms in total. The van der Waals surface area contributed by atoms with Crippen molar-refractivity contribution in [2.75, 3.05) is 44.9 Å². The molecular formula is C15H25N3O2S. The smallest absolute Gasteiger partial charge is 0.208 e. The van der Waals surface area contributed by atoms with Crippen molar-refractivity contribution in [2.45, 2.75) is 18.9 Å². The van der Waals surface area contributed by atoms with Gasteiger partial charge in [0, 0.05) is 38.9 Å². The lowest BCUT2D eigenvalue weighted by Gasteiger charge is -2.25. The van der Waals surface area contributed by atoms with Gasteiger partial charge in [0.25, 0.3) is 0 Å². The molecular weight excluding hydrogens is 286 g/mol. The third-order valence-electron chi connectivity index (χ3n) is 3.90. The van der Waals surface area contributed by atoms with Crippen molar-refractivity contribution < 1.29 is 8.42 Å². The summed E-state index contributed by atoms with van der Waals surface area (Å²) in [5.74, 6) is 0. The van der Waals surface area contributed by atoms with Gasteiger partial charge in [0.15, 0.2) is 0 Å². The van der Waals surface area contributed by atoms with Crippen LogP contribution >= 0.6 is 0 Å². The van der Waals surface area contributed by atoms with E-state index in [9.17, 15) is 8.42 Å². The van der Waals surface area contributed by atoms with Gasteiger partial charge in [0.1, 0.15) is 0 Å². The Labute approximate surface area is 128 Å². The van der Waals surface area contributed by atoms with Gasteiger partial charge in [-0.1, -0.05) is 12.1 Å². The van der Waals surface area contributed by atoms with Crippen molar-refractivity contribution in [1.29, 1.82) is 0 Å². The zero-order valence-corrected chi connectivity index (χ0v) is 13.9. The van der Waals surface area contributed by atoms with Gasteiger partial charge in [-0.15, -0.1) is 0 Å². The Morgan fingerprint density at radius 2 is 2.14 bits per heavy atom. The number of hydrogen-bond acceptors (Lipinski definition) is 4. The van der Waals surface area contributed by atoms with Crippen molar-refractivity contribution in [1.82, 2.24) is 9.62 Å². The summed E-state index contributed by atoms with van der Waals surface area (Å²) in [5.41, 5.74) is 2.52. The summed E-state index contributed by atoms with van der Waals surface area (Å²) in [7, 11) is 0.987. The van der Waals surface area contributed by atoms with Crippen LogP contribution in [0, 0.1) is 0 Å². The fourth-order valence-corrected chi connectivity index (χ4v) is 3.32. The third kappa shape index (κ3) is 4.69. The molecule has 118 valence electrons. The van der Waals surface area contributed by atoms with Crippen LogP contribution in [-0.4, -0.2) is 53.3 Å². The van der Waals surface area contributed by atoms with E-state index in [-0.39, 0.29) is 0 Å². The van der Waals surface area contributed by atoms with Crippen molar-refractivity contribution in [3.63, 3.8) is 0 Å². The molecule has 6 heteroatoms. The van der Waals surface area contributed by atoms with Crippen LogP contribution in [-0.2, 0) is 10.0 Å². The molecule has 0 spiro atoms. The molecule has 0 aromatic heterocycles. The minimum Gasteiger partial charge on any atom is -0.378 e. The highest BCUT2D eigenvalue weighted by Gasteiger charge is 2.25. The average molecular weight is 311 g/mol. The first-order valence-corrected chi connectivity index (χ1v) is 9.22. The number of sulfonamides is 1. The molecule has 1 aromatic rings. The third-order valence-corrected chi connectivity index (χ3v) is 4.63. The summed E-state index contributed by atoms with van der Waals surface area (Å²) < 4.78 is 24.9. The second kappa shape index (κ2) is 6.77. The maximum absolute atomic E-state index is 11.1. The molecule has 0 amide bonds. The van der Waals surface area contributed by atoms with Gasteiger partial charge in [-0.05, 0) is 37.1 Å². The number of hydrogen-bond donors (Lipinski definition) is 1. The lowest BCUT2D eigenvalue weighted by Crippen LogP contribution is -2.34. The summed E-state index contributed by atoms with van der Waals surface area (Å²) in [5, 5.41) is 0. The van der Waals surface area contributed by atoms with E-state index in [0.717, 1.165) is 25.9 Å². The van der Waals surface area contributed by atoms with E-state index in [0.29, 0.717) is 12.6 Å². The van der Waals surface area contributed by atoms with Gasteiger partial charge in [-0.25, -0.2) is 13.1 Å². The Bertz CT molecular complexity index is 572. The highest BCUT2D eigenvalue weighted by atomic mass is 32.2. The molecule has 1 fully saturated rings. The minimum absolute atomic E-state index is 0.395. The molecule has 1 atom stereocenters. The second-order valence-corrected chi connectivity index (χ2v) is 7.68. The first-order chi connectivity index (χ1) is 9.87. The molecule has 1 heterocycles. The van der Waals surface area contributed by atoms with Crippen LogP contribution in [0.3, 0.4) is 0 Å². The zero-order chi connectivity index (χ0) is 15.5. The molecule has 21 heavy (non-hydrogen) atoms. The summed E-state index contributed by atoms with van der Waals surface area (Å²) >= 11 is 0. The molecule has 0 aliphatic carbocycles. The number of likely N-dealkylation sites (tertiary alicyclic amines) is 1. The predicted octanol–water partition coefficient (Wildman–Crippen LogP) is 1.44. The first kappa shape index (κ1) is 16.3. The maximum atomic E-state index is 11.1. The first-order valence-electron chi connectivity index (χ1n) is 7.33. The van der Waals surface area contributed by atoms with E-state index in [1.807, 2.05) is 14.1 Å². The van der Waals surface area contributed by atoms with Crippen molar-refractivity contribution in [3.05, 3.63) is 29.8 Å². The fourth-order valence-electron chi connectivity index (χ4n) is 2.86. The topological polar surface area (TPSA) is 52.6 Å². The normalized spacial score (nSPS) is 19.9. The van der Waals surface area contributed by atoms with Crippen LogP contribution in [0.5, 0.6) is 0 Å². The van der Waals surface area contributed by atoms with Crippen LogP contribution in [0.2, 0.25) is 0 Å². The van der Waals surface area contributed by atoms with Crippen LogP contribution in [0.1, 0.15) is 24.4 Å². The molecule has 1 unspecified atom stereocenters. The molecule has 1 aromatic carbocycles. The number of anilines is 1. The van der Waals surface area contributed by atoms with Crippen LogP contribution in [0.25, 0.3) is 0 Å². The number of rotatable bonds is 6. The molecule has 1 saturated heterocycles. The Balaban J connectivity index is 2.03. The van der Waals surface area contributed by atoms with Gasteiger partial charge >= 0.3 is 0 Å². The van der Waals surface area contributed by atoms with E-state index in [4.69, 9.17) is 0 Å². The lowest BCUT2D eigenvalue weighted by molar-refractivity contribution is 0.262. The lowest BCUT2D eigenvalue weighted by atomic mass is 10.0. The van der Waals surface area contributed by atoms with Crippen molar-refractivity contribution >= 4 is 15.7 Å². The summed E-state index contributed by atoms with van der Waals surface area (Å²) in [6.45, 7) is 2.26. The van der Waals surface area contributed by atoms with Crippen molar-refractivity contribution in [3.8, 4) is 0 Å². The van der Waals surface area contributed by atoms with Crippen molar-refractivity contribution in [2.24, 2.45) is 0 Å². The molecule has 1 aliphatic rings. The van der Waals surface area contributed by atoms with E-state index < -0.39 is 10.0 Å². The van der Waals surface area contributed by atoms with Gasteiger partial charge < -0.3 is 4.90 Å². The average Bonchev–Trinajstić information content (AvgIpc) is 2.86. The quantitative estimate of drug-likeness (QED) is 0.864. The van der Waals surface area contributed by atoms with Crippen LogP contribution in [0.4, 0.5) is 5.69 Å². The number of benzene rings is 1. The Hall–Kier alpha value is -1.11. The van der Waals surface area contributed by atoms with E-state index in [2.05, 4.69) is 38.8 Å². The SMILES string of the molecule is CN(C)c1cccc(C2CCCN2CCNS(C)(=O)=O)c1. The number of nitrogens with one attached hydrogen (secondary N) is 1. The largest absolute Gasteiger partial charge is 0.378 e. The monoisotopic (exact) mass is 311 g/mol. The summed E-state index contributed by atoms with van der Waals surface area (Å²) in [6.07, 6.45) is 3.50. The maximum Gasteiger partial charge on any atom is 0.208 e. The predicted molar refractivity (Wildman–Crippen MR) is 87.2 cm³/mol. The van der Waals surface area contributed by atoms with E-state index in [1.165, 1.54) is 17.5 Å². The van der Waals surface area contributed by atoms with Crippen LogP contribution < -0.4 is 9.62 Å². The Morgan fingerprint density at radius 1 is 1.38 bits per heavy atom. The van der Waals surface area contributed by atoms with Crippen LogP contribution in [0.15, 0.2) is 24.3 Å². The molecule has 0 saturated carbocycles. The molecule has 2 rings (SSSR count). The zero-order valence-electron chi connectivity index (χ0n) is 13.0. The Kier molecular flexibility index (Phi) is 5.24. The highest BCUT2D eigenvalue weighted by molar-refractivity contribution is 7.88. The fraction of sp³-hybridized carbons (Fsp3) is 0.600. The van der Waals surface area contributed by atoms with Gasteiger partial charge in [0.2, 0.25) is 10.0 Å². The standard InChI is InChI=1S/C15H25N3O2S/c1-17(2)14-7-4-6-13(12-14)15-8-5-10-18(15)11-9-16-21(3,19)20/h4,6-7,12,15-16H,5,8-11H2,1-3H3.